The average molecular weight is 360 g/mol. The van der Waals surface area contributed by atoms with Crippen LogP contribution in [0, 0.1) is 10.1 Å². The number of hydrogen-bond donors (Lipinski definition) is 1. The number of furan rings is 1. The van der Waals surface area contributed by atoms with Crippen LogP contribution in [-0.2, 0) is 9.53 Å². The average Bonchev–Trinajstić information content (AvgIpc) is 3.13. The first-order valence-corrected chi connectivity index (χ1v) is 8.20. The van der Waals surface area contributed by atoms with E-state index in [1.54, 1.807) is 0 Å². The maximum Gasteiger partial charge on any atom is 0.433 e. The standard InChI is InChI=1S/C18H20N2O6/c1-3-13(14-7-5-4-6-8-14)11-19-17(21)12(2)25-18(22)15-9-10-16(26-15)20(23)24/h4-10,12-13H,3,11H2,1-2H3,(H,19,21)/t12-,13+/m1/s1. The van der Waals surface area contributed by atoms with Crippen LogP contribution < -0.4 is 5.32 Å². The summed E-state index contributed by atoms with van der Waals surface area (Å²) in [6, 6.07) is 12.0. The second-order valence-electron chi connectivity index (χ2n) is 5.70. The molecule has 0 fully saturated rings. The normalized spacial score (nSPS) is 12.8. The van der Waals surface area contributed by atoms with Crippen molar-refractivity contribution >= 4 is 17.8 Å². The van der Waals surface area contributed by atoms with Gasteiger partial charge in [-0.05, 0) is 25.0 Å². The van der Waals surface area contributed by atoms with Crippen molar-refractivity contribution < 1.29 is 23.7 Å². The number of nitrogens with one attached hydrogen (secondary N) is 1. The Bertz CT molecular complexity index is 771. The molecule has 0 saturated heterocycles. The van der Waals surface area contributed by atoms with Crippen LogP contribution >= 0.6 is 0 Å². The van der Waals surface area contributed by atoms with Crippen LogP contribution in [0.2, 0.25) is 0 Å². The Kier molecular flexibility index (Phi) is 6.48. The first-order valence-electron chi connectivity index (χ1n) is 8.20. The molecule has 2 atom stereocenters. The van der Waals surface area contributed by atoms with Crippen molar-refractivity contribution in [1.82, 2.24) is 5.32 Å². The zero-order chi connectivity index (χ0) is 19.1. The van der Waals surface area contributed by atoms with Gasteiger partial charge in [0.1, 0.15) is 4.92 Å². The Hall–Kier alpha value is -3.16. The van der Waals surface area contributed by atoms with E-state index in [9.17, 15) is 19.7 Å². The third kappa shape index (κ3) is 4.92. The lowest BCUT2D eigenvalue weighted by Gasteiger charge is -2.18. The summed E-state index contributed by atoms with van der Waals surface area (Å²) in [6.07, 6.45) is -0.214. The molecule has 0 unspecified atom stereocenters. The van der Waals surface area contributed by atoms with E-state index in [0.29, 0.717) is 6.54 Å². The van der Waals surface area contributed by atoms with Gasteiger partial charge in [0.05, 0.1) is 6.07 Å². The molecule has 0 aliphatic rings. The fourth-order valence-corrected chi connectivity index (χ4v) is 2.40. The predicted molar refractivity (Wildman–Crippen MR) is 92.7 cm³/mol. The van der Waals surface area contributed by atoms with Gasteiger partial charge in [-0.2, -0.15) is 0 Å². The molecule has 0 spiro atoms. The van der Waals surface area contributed by atoms with E-state index in [2.05, 4.69) is 5.32 Å². The summed E-state index contributed by atoms with van der Waals surface area (Å²) in [5.74, 6) is -2.13. The van der Waals surface area contributed by atoms with Crippen molar-refractivity contribution in [1.29, 1.82) is 0 Å². The summed E-state index contributed by atoms with van der Waals surface area (Å²) in [5.41, 5.74) is 1.11. The van der Waals surface area contributed by atoms with E-state index in [1.807, 2.05) is 37.3 Å². The lowest BCUT2D eigenvalue weighted by Crippen LogP contribution is -2.37. The number of benzene rings is 1. The fourth-order valence-electron chi connectivity index (χ4n) is 2.40. The molecule has 2 aromatic rings. The number of esters is 1. The third-order valence-electron chi connectivity index (χ3n) is 3.91. The minimum Gasteiger partial charge on any atom is -0.447 e. The molecule has 8 heteroatoms. The number of hydrogen-bond acceptors (Lipinski definition) is 6. The van der Waals surface area contributed by atoms with Gasteiger partial charge in [-0.3, -0.25) is 14.9 Å². The minimum absolute atomic E-state index is 0.149. The lowest BCUT2D eigenvalue weighted by atomic mass is 9.96. The highest BCUT2D eigenvalue weighted by molar-refractivity contribution is 5.90. The zero-order valence-corrected chi connectivity index (χ0v) is 14.5. The molecule has 138 valence electrons. The van der Waals surface area contributed by atoms with Gasteiger partial charge in [0.25, 0.3) is 5.91 Å². The highest BCUT2D eigenvalue weighted by atomic mass is 16.7. The topological polar surface area (TPSA) is 112 Å². The molecule has 0 radical (unpaired) electrons. The summed E-state index contributed by atoms with van der Waals surface area (Å²) < 4.78 is 9.75. The summed E-state index contributed by atoms with van der Waals surface area (Å²) in [4.78, 5) is 33.8. The van der Waals surface area contributed by atoms with E-state index >= 15 is 0 Å². The number of amides is 1. The number of nitrogens with zero attached hydrogens (tertiary/aromatic N) is 1. The molecule has 8 nitrogen and oxygen atoms in total. The Morgan fingerprint density at radius 3 is 2.50 bits per heavy atom. The third-order valence-corrected chi connectivity index (χ3v) is 3.91. The van der Waals surface area contributed by atoms with Gasteiger partial charge >= 0.3 is 11.9 Å². The molecular weight excluding hydrogens is 340 g/mol. The highest BCUT2D eigenvalue weighted by Gasteiger charge is 2.24. The Morgan fingerprint density at radius 1 is 1.23 bits per heavy atom. The molecule has 1 heterocycles. The number of carbonyl (C=O) groups excluding carboxylic acids is 2. The fraction of sp³-hybridized carbons (Fsp3) is 0.333. The van der Waals surface area contributed by atoms with Crippen molar-refractivity contribution in [2.75, 3.05) is 6.54 Å². The maximum absolute atomic E-state index is 12.1. The molecular formula is C18H20N2O6. The van der Waals surface area contributed by atoms with Crippen molar-refractivity contribution in [2.45, 2.75) is 32.3 Å². The molecule has 0 saturated carbocycles. The van der Waals surface area contributed by atoms with Gasteiger partial charge in [0, 0.05) is 12.5 Å². The monoisotopic (exact) mass is 360 g/mol. The molecule has 26 heavy (non-hydrogen) atoms. The smallest absolute Gasteiger partial charge is 0.433 e. The van der Waals surface area contributed by atoms with Crippen molar-refractivity contribution in [3.8, 4) is 0 Å². The van der Waals surface area contributed by atoms with Crippen molar-refractivity contribution in [3.63, 3.8) is 0 Å². The van der Waals surface area contributed by atoms with Crippen LogP contribution in [0.4, 0.5) is 5.88 Å². The molecule has 0 aliphatic carbocycles. The van der Waals surface area contributed by atoms with Gasteiger partial charge < -0.3 is 14.5 Å². The summed E-state index contributed by atoms with van der Waals surface area (Å²) in [6.45, 7) is 3.86. The second-order valence-corrected chi connectivity index (χ2v) is 5.70. The van der Waals surface area contributed by atoms with Crippen LogP contribution in [0.3, 0.4) is 0 Å². The quantitative estimate of drug-likeness (QED) is 0.440. The van der Waals surface area contributed by atoms with Crippen molar-refractivity contribution in [3.05, 3.63) is 63.9 Å². The number of nitro groups is 1. The molecule has 1 aromatic carbocycles. The van der Waals surface area contributed by atoms with Gasteiger partial charge in [-0.25, -0.2) is 4.79 Å². The van der Waals surface area contributed by atoms with Crippen LogP contribution in [0.1, 0.15) is 42.3 Å². The summed E-state index contributed by atoms with van der Waals surface area (Å²) >= 11 is 0. The number of carbonyl (C=O) groups is 2. The van der Waals surface area contributed by atoms with Crippen LogP contribution in [0.25, 0.3) is 0 Å². The Balaban J connectivity index is 1.88. The van der Waals surface area contributed by atoms with Gasteiger partial charge in [-0.15, -0.1) is 0 Å². The van der Waals surface area contributed by atoms with Gasteiger partial charge in [-0.1, -0.05) is 37.3 Å². The van der Waals surface area contributed by atoms with E-state index in [-0.39, 0.29) is 11.7 Å². The highest BCUT2D eigenvalue weighted by Crippen LogP contribution is 2.19. The van der Waals surface area contributed by atoms with E-state index in [0.717, 1.165) is 24.1 Å². The minimum atomic E-state index is -1.06. The molecule has 1 amide bonds. The maximum atomic E-state index is 12.1. The SMILES string of the molecule is CC[C@@H](CNC(=O)[C@@H](C)OC(=O)c1ccc([N+](=O)[O-])o1)c1ccccc1. The van der Waals surface area contributed by atoms with Crippen molar-refractivity contribution in [2.24, 2.45) is 0 Å². The molecule has 1 aromatic heterocycles. The zero-order valence-electron chi connectivity index (χ0n) is 14.5. The number of ether oxygens (including phenoxy) is 1. The second kappa shape index (κ2) is 8.80. The van der Waals surface area contributed by atoms with Crippen LogP contribution in [-0.4, -0.2) is 29.4 Å². The predicted octanol–water partition coefficient (Wildman–Crippen LogP) is 3.04. The van der Waals surface area contributed by atoms with Crippen LogP contribution in [0.5, 0.6) is 0 Å². The first-order chi connectivity index (χ1) is 12.4. The van der Waals surface area contributed by atoms with E-state index in [1.165, 1.54) is 6.92 Å². The van der Waals surface area contributed by atoms with Crippen LogP contribution in [0.15, 0.2) is 46.9 Å². The molecule has 1 N–H and O–H groups in total. The lowest BCUT2D eigenvalue weighted by molar-refractivity contribution is -0.402. The Labute approximate surface area is 150 Å². The Morgan fingerprint density at radius 2 is 1.92 bits per heavy atom. The van der Waals surface area contributed by atoms with E-state index < -0.39 is 28.8 Å². The molecule has 0 aliphatic heterocycles. The molecule has 2 rings (SSSR count). The van der Waals surface area contributed by atoms with Gasteiger partial charge in [0.2, 0.25) is 5.76 Å². The van der Waals surface area contributed by atoms with E-state index in [4.69, 9.17) is 9.15 Å². The first kappa shape index (κ1) is 19.2. The van der Waals surface area contributed by atoms with Gasteiger partial charge in [0.15, 0.2) is 6.10 Å². The summed E-state index contributed by atoms with van der Waals surface area (Å²) in [7, 11) is 0. The molecule has 0 bridgehead atoms. The summed E-state index contributed by atoms with van der Waals surface area (Å²) in [5, 5.41) is 13.3. The number of rotatable bonds is 8. The largest absolute Gasteiger partial charge is 0.447 e.